The van der Waals surface area contributed by atoms with E-state index in [9.17, 15) is 4.39 Å². The molecule has 0 radical (unpaired) electrons. The Labute approximate surface area is 75.3 Å². The summed E-state index contributed by atoms with van der Waals surface area (Å²) in [5, 5.41) is 8.24. The number of anilines is 1. The van der Waals surface area contributed by atoms with E-state index in [2.05, 4.69) is 4.98 Å². The number of nitrogens with two attached hydrogens (primary N) is 1. The number of aromatic nitrogens is 1. The summed E-state index contributed by atoms with van der Waals surface area (Å²) in [5.74, 6) is -0.463. The molecular formula is C9H8FN3. The number of rotatable bonds is 2. The van der Waals surface area contributed by atoms with E-state index in [1.54, 1.807) is 12.2 Å². The van der Waals surface area contributed by atoms with Crippen LogP contribution >= 0.6 is 0 Å². The van der Waals surface area contributed by atoms with Gasteiger partial charge in [-0.2, -0.15) is 5.26 Å². The molecule has 0 aromatic carbocycles. The Balaban J connectivity index is 2.85. The highest BCUT2D eigenvalue weighted by molar-refractivity contribution is 5.60. The first kappa shape index (κ1) is 9.20. The molecule has 2 N–H and O–H groups in total. The fourth-order valence-corrected chi connectivity index (χ4v) is 0.828. The summed E-state index contributed by atoms with van der Waals surface area (Å²) in [7, 11) is 0. The van der Waals surface area contributed by atoms with Gasteiger partial charge in [0.2, 0.25) is 0 Å². The van der Waals surface area contributed by atoms with Gasteiger partial charge in [-0.15, -0.1) is 0 Å². The molecule has 1 heterocycles. The lowest BCUT2D eigenvalue weighted by molar-refractivity contribution is 0.622. The van der Waals surface area contributed by atoms with Gasteiger partial charge in [0.1, 0.15) is 5.82 Å². The molecular weight excluding hydrogens is 169 g/mol. The second-order valence-electron chi connectivity index (χ2n) is 2.39. The molecule has 1 aromatic rings. The molecule has 0 aliphatic carbocycles. The zero-order chi connectivity index (χ0) is 9.68. The molecule has 0 amide bonds. The van der Waals surface area contributed by atoms with E-state index in [1.807, 2.05) is 6.07 Å². The largest absolute Gasteiger partial charge is 0.397 e. The van der Waals surface area contributed by atoms with Crippen LogP contribution in [0.2, 0.25) is 0 Å². The average molecular weight is 177 g/mol. The first-order valence-electron chi connectivity index (χ1n) is 3.68. The third-order valence-corrected chi connectivity index (χ3v) is 1.40. The molecule has 0 aliphatic heterocycles. The number of nitrogen functional groups attached to an aromatic ring is 1. The first-order valence-corrected chi connectivity index (χ1v) is 3.68. The van der Waals surface area contributed by atoms with Crippen molar-refractivity contribution >= 4 is 11.8 Å². The minimum atomic E-state index is -0.463. The Hall–Kier alpha value is -1.89. The second kappa shape index (κ2) is 4.21. The number of allylic oxidation sites excluding steroid dienone is 1. The number of nitriles is 1. The molecule has 0 bridgehead atoms. The molecule has 1 aromatic heterocycles. The molecule has 1 rings (SSSR count). The first-order chi connectivity index (χ1) is 6.24. The Bertz CT molecular complexity index is 366. The van der Waals surface area contributed by atoms with Gasteiger partial charge in [0, 0.05) is 6.07 Å². The Morgan fingerprint density at radius 1 is 1.69 bits per heavy atom. The Morgan fingerprint density at radius 2 is 2.46 bits per heavy atom. The lowest BCUT2D eigenvalue weighted by Crippen LogP contribution is -1.93. The lowest BCUT2D eigenvalue weighted by Gasteiger charge is -1.97. The third-order valence-electron chi connectivity index (χ3n) is 1.40. The number of pyridine rings is 1. The smallest absolute Gasteiger partial charge is 0.143 e. The summed E-state index contributed by atoms with van der Waals surface area (Å²) in [5.41, 5.74) is 6.22. The molecule has 13 heavy (non-hydrogen) atoms. The van der Waals surface area contributed by atoms with Crippen molar-refractivity contribution in [2.45, 2.75) is 6.42 Å². The van der Waals surface area contributed by atoms with Crippen LogP contribution in [0.25, 0.3) is 6.08 Å². The van der Waals surface area contributed by atoms with E-state index in [0.29, 0.717) is 12.1 Å². The predicted molar refractivity (Wildman–Crippen MR) is 47.9 cm³/mol. The van der Waals surface area contributed by atoms with E-state index in [4.69, 9.17) is 11.0 Å². The molecule has 0 saturated carbocycles. The maximum Gasteiger partial charge on any atom is 0.143 e. The van der Waals surface area contributed by atoms with Crippen LogP contribution in [0, 0.1) is 17.1 Å². The summed E-state index contributed by atoms with van der Waals surface area (Å²) in [6.07, 6.45) is 4.59. The van der Waals surface area contributed by atoms with E-state index in [0.717, 1.165) is 6.20 Å². The Kier molecular flexibility index (Phi) is 2.98. The van der Waals surface area contributed by atoms with Crippen LogP contribution in [-0.2, 0) is 0 Å². The van der Waals surface area contributed by atoms with Crippen molar-refractivity contribution in [2.75, 3.05) is 5.73 Å². The zero-order valence-electron chi connectivity index (χ0n) is 6.87. The van der Waals surface area contributed by atoms with Crippen LogP contribution in [0.5, 0.6) is 0 Å². The highest BCUT2D eigenvalue weighted by Gasteiger charge is 1.97. The molecule has 0 atom stereocenters. The molecule has 0 saturated heterocycles. The summed E-state index contributed by atoms with van der Waals surface area (Å²) in [6.45, 7) is 0. The van der Waals surface area contributed by atoms with Gasteiger partial charge in [-0.1, -0.05) is 6.08 Å². The van der Waals surface area contributed by atoms with Gasteiger partial charge in [0.05, 0.1) is 30.1 Å². The van der Waals surface area contributed by atoms with E-state index in [-0.39, 0.29) is 5.69 Å². The lowest BCUT2D eigenvalue weighted by atomic mass is 10.2. The van der Waals surface area contributed by atoms with Crippen molar-refractivity contribution in [3.8, 4) is 6.07 Å². The van der Waals surface area contributed by atoms with Gasteiger partial charge in [-0.05, 0) is 6.08 Å². The van der Waals surface area contributed by atoms with Crippen molar-refractivity contribution < 1.29 is 4.39 Å². The summed E-state index contributed by atoms with van der Waals surface area (Å²) in [4.78, 5) is 3.75. The highest BCUT2D eigenvalue weighted by atomic mass is 19.1. The normalized spacial score (nSPS) is 10.2. The van der Waals surface area contributed by atoms with Crippen molar-refractivity contribution in [1.82, 2.24) is 4.98 Å². The third kappa shape index (κ3) is 2.56. The van der Waals surface area contributed by atoms with Gasteiger partial charge >= 0.3 is 0 Å². The molecule has 4 heteroatoms. The number of hydrogen-bond acceptors (Lipinski definition) is 3. The van der Waals surface area contributed by atoms with Crippen molar-refractivity contribution in [2.24, 2.45) is 0 Å². The Morgan fingerprint density at radius 3 is 3.08 bits per heavy atom. The molecule has 3 nitrogen and oxygen atoms in total. The summed E-state index contributed by atoms with van der Waals surface area (Å²) in [6, 6.07) is 3.13. The van der Waals surface area contributed by atoms with Crippen LogP contribution < -0.4 is 5.73 Å². The van der Waals surface area contributed by atoms with Crippen LogP contribution in [0.4, 0.5) is 10.1 Å². The monoisotopic (exact) mass is 177 g/mol. The second-order valence-corrected chi connectivity index (χ2v) is 2.39. The average Bonchev–Trinajstić information content (AvgIpc) is 2.09. The van der Waals surface area contributed by atoms with Crippen molar-refractivity contribution in [3.63, 3.8) is 0 Å². The summed E-state index contributed by atoms with van der Waals surface area (Å²) >= 11 is 0. The minimum absolute atomic E-state index is 0.272. The molecule has 0 spiro atoms. The van der Waals surface area contributed by atoms with Crippen LogP contribution in [-0.4, -0.2) is 4.98 Å². The number of nitrogens with zero attached hydrogens (tertiary/aromatic N) is 2. The van der Waals surface area contributed by atoms with Crippen LogP contribution in [0.1, 0.15) is 12.1 Å². The quantitative estimate of drug-likeness (QED) is 0.748. The van der Waals surface area contributed by atoms with Crippen molar-refractivity contribution in [3.05, 3.63) is 29.9 Å². The SMILES string of the molecule is N#CCC=Cc1ncc(F)cc1N. The molecule has 0 fully saturated rings. The fourth-order valence-electron chi connectivity index (χ4n) is 0.828. The fraction of sp³-hybridized carbons (Fsp3) is 0.111. The van der Waals surface area contributed by atoms with E-state index < -0.39 is 5.82 Å². The predicted octanol–water partition coefficient (Wildman–Crippen LogP) is 1.73. The standard InChI is InChI=1S/C9H8FN3/c10-7-5-8(12)9(13-6-7)3-1-2-4-11/h1,3,5-6H,2,12H2. The van der Waals surface area contributed by atoms with Crippen LogP contribution in [0.15, 0.2) is 18.3 Å². The van der Waals surface area contributed by atoms with Gasteiger partial charge < -0.3 is 5.73 Å². The number of hydrogen-bond donors (Lipinski definition) is 1. The molecule has 66 valence electrons. The van der Waals surface area contributed by atoms with Gasteiger partial charge in [-0.3, -0.25) is 4.98 Å². The molecule has 0 unspecified atom stereocenters. The minimum Gasteiger partial charge on any atom is -0.397 e. The maximum atomic E-state index is 12.5. The van der Waals surface area contributed by atoms with Gasteiger partial charge in [-0.25, -0.2) is 4.39 Å². The highest BCUT2D eigenvalue weighted by Crippen LogP contribution is 2.11. The van der Waals surface area contributed by atoms with Crippen LogP contribution in [0.3, 0.4) is 0 Å². The van der Waals surface area contributed by atoms with Crippen molar-refractivity contribution in [1.29, 1.82) is 5.26 Å². The topological polar surface area (TPSA) is 62.7 Å². The zero-order valence-corrected chi connectivity index (χ0v) is 6.87. The van der Waals surface area contributed by atoms with E-state index in [1.165, 1.54) is 6.07 Å². The number of halogens is 1. The summed E-state index contributed by atoms with van der Waals surface area (Å²) < 4.78 is 12.5. The maximum absolute atomic E-state index is 12.5. The van der Waals surface area contributed by atoms with E-state index >= 15 is 0 Å². The molecule has 0 aliphatic rings. The van der Waals surface area contributed by atoms with Gasteiger partial charge in [0.15, 0.2) is 0 Å². The van der Waals surface area contributed by atoms with Gasteiger partial charge in [0.25, 0.3) is 0 Å².